The van der Waals surface area contributed by atoms with Crippen LogP contribution >= 0.6 is 0 Å². The Kier molecular flexibility index (Phi) is 6.49. The van der Waals surface area contributed by atoms with E-state index < -0.39 is 11.8 Å². The molecule has 0 atom stereocenters. The molecule has 1 heterocycles. The van der Waals surface area contributed by atoms with Gasteiger partial charge in [0.1, 0.15) is 0 Å². The third-order valence-corrected chi connectivity index (χ3v) is 4.57. The highest BCUT2D eigenvalue weighted by atomic mass is 16.2. The van der Waals surface area contributed by atoms with Gasteiger partial charge in [-0.05, 0) is 66.5 Å². The van der Waals surface area contributed by atoms with Crippen LogP contribution in [-0.2, 0) is 9.59 Å². The first-order valence-corrected chi connectivity index (χ1v) is 9.70. The van der Waals surface area contributed by atoms with Gasteiger partial charge in [0.25, 0.3) is 5.91 Å². The summed E-state index contributed by atoms with van der Waals surface area (Å²) >= 11 is 0. The topological polar surface area (TPSA) is 99.3 Å². The van der Waals surface area contributed by atoms with Gasteiger partial charge < -0.3 is 21.3 Å². The number of carbonyl (C=O) groups excluding carboxylic acids is 3. The van der Waals surface area contributed by atoms with Crippen molar-refractivity contribution in [3.05, 3.63) is 29.8 Å². The molecule has 0 spiro atoms. The van der Waals surface area contributed by atoms with E-state index in [0.717, 1.165) is 12.8 Å². The van der Waals surface area contributed by atoms with Gasteiger partial charge in [-0.15, -0.1) is 0 Å². The number of para-hydroxylation sites is 1. The lowest BCUT2D eigenvalue weighted by Gasteiger charge is -2.46. The smallest absolute Gasteiger partial charge is 0.313 e. The number of carbonyl (C=O) groups is 3. The van der Waals surface area contributed by atoms with Gasteiger partial charge in [-0.2, -0.15) is 0 Å². The maximum absolute atomic E-state index is 12.5. The van der Waals surface area contributed by atoms with Gasteiger partial charge in [-0.25, -0.2) is 0 Å². The predicted molar refractivity (Wildman–Crippen MR) is 110 cm³/mol. The van der Waals surface area contributed by atoms with E-state index in [0.29, 0.717) is 11.3 Å². The molecule has 28 heavy (non-hydrogen) atoms. The predicted octanol–water partition coefficient (Wildman–Crippen LogP) is 2.19. The molecule has 1 aliphatic heterocycles. The van der Waals surface area contributed by atoms with E-state index in [1.807, 2.05) is 13.8 Å². The zero-order valence-corrected chi connectivity index (χ0v) is 17.6. The fraction of sp³-hybridized carbons (Fsp3) is 0.571. The van der Waals surface area contributed by atoms with E-state index in [9.17, 15) is 14.4 Å². The molecule has 1 aromatic rings. The summed E-state index contributed by atoms with van der Waals surface area (Å²) in [5.74, 6) is -1.77. The largest absolute Gasteiger partial charge is 0.350 e. The summed E-state index contributed by atoms with van der Waals surface area (Å²) in [6.07, 6.45) is 1.45. The fourth-order valence-electron chi connectivity index (χ4n) is 3.98. The third-order valence-electron chi connectivity index (χ3n) is 4.57. The van der Waals surface area contributed by atoms with E-state index >= 15 is 0 Å². The van der Waals surface area contributed by atoms with Crippen LogP contribution in [0.5, 0.6) is 0 Å². The fourth-order valence-corrected chi connectivity index (χ4v) is 3.98. The van der Waals surface area contributed by atoms with E-state index in [-0.39, 0.29) is 29.1 Å². The number of rotatable bonds is 4. The number of hydrogen-bond acceptors (Lipinski definition) is 4. The maximum atomic E-state index is 12.5. The third kappa shape index (κ3) is 6.05. The molecule has 1 aromatic carbocycles. The number of nitrogens with one attached hydrogen (secondary N) is 4. The minimum absolute atomic E-state index is 0.0359. The summed E-state index contributed by atoms with van der Waals surface area (Å²) in [5.41, 5.74) is 0.350. The van der Waals surface area contributed by atoms with Crippen molar-refractivity contribution in [3.8, 4) is 0 Å². The zero-order chi connectivity index (χ0) is 21.1. The Morgan fingerprint density at radius 1 is 1.00 bits per heavy atom. The highest BCUT2D eigenvalue weighted by Crippen LogP contribution is 2.28. The molecule has 1 saturated heterocycles. The zero-order valence-electron chi connectivity index (χ0n) is 17.6. The summed E-state index contributed by atoms with van der Waals surface area (Å²) in [6.45, 7) is 12.0. The Labute approximate surface area is 167 Å². The Bertz CT molecular complexity index is 740. The lowest BCUT2D eigenvalue weighted by molar-refractivity contribution is -0.137. The molecule has 2 rings (SSSR count). The maximum Gasteiger partial charge on any atom is 0.313 e. The molecule has 0 bridgehead atoms. The summed E-state index contributed by atoms with van der Waals surface area (Å²) in [6, 6.07) is 6.50. The molecule has 0 radical (unpaired) electrons. The van der Waals surface area contributed by atoms with E-state index in [2.05, 4.69) is 49.0 Å². The van der Waals surface area contributed by atoms with Crippen LogP contribution in [0.2, 0.25) is 0 Å². The van der Waals surface area contributed by atoms with E-state index in [1.165, 1.54) is 0 Å². The number of anilines is 1. The molecular weight excluding hydrogens is 356 g/mol. The van der Waals surface area contributed by atoms with Gasteiger partial charge >= 0.3 is 11.8 Å². The molecule has 1 fully saturated rings. The van der Waals surface area contributed by atoms with Gasteiger partial charge in [0.2, 0.25) is 0 Å². The Morgan fingerprint density at radius 2 is 1.57 bits per heavy atom. The van der Waals surface area contributed by atoms with Crippen molar-refractivity contribution in [1.29, 1.82) is 0 Å². The highest BCUT2D eigenvalue weighted by Gasteiger charge is 2.38. The monoisotopic (exact) mass is 388 g/mol. The first kappa shape index (κ1) is 21.9. The minimum atomic E-state index is -0.779. The SMILES string of the molecule is CC(C)NC(=O)c1ccccc1NC(=O)C(=O)NC1CC(C)(C)NC(C)(C)C1. The quantitative estimate of drug-likeness (QED) is 0.594. The summed E-state index contributed by atoms with van der Waals surface area (Å²) in [7, 11) is 0. The van der Waals surface area contributed by atoms with Crippen LogP contribution in [0.15, 0.2) is 24.3 Å². The molecule has 0 aliphatic carbocycles. The molecule has 0 aromatic heterocycles. The van der Waals surface area contributed by atoms with Gasteiger partial charge in [-0.1, -0.05) is 12.1 Å². The van der Waals surface area contributed by atoms with Crippen molar-refractivity contribution in [3.63, 3.8) is 0 Å². The molecule has 154 valence electrons. The number of benzene rings is 1. The lowest BCUT2D eigenvalue weighted by Crippen LogP contribution is -2.62. The van der Waals surface area contributed by atoms with E-state index in [1.54, 1.807) is 24.3 Å². The molecule has 0 saturated carbocycles. The van der Waals surface area contributed by atoms with Crippen molar-refractivity contribution < 1.29 is 14.4 Å². The average Bonchev–Trinajstić information content (AvgIpc) is 2.51. The first-order valence-electron chi connectivity index (χ1n) is 9.70. The summed E-state index contributed by atoms with van der Waals surface area (Å²) < 4.78 is 0. The molecule has 0 unspecified atom stereocenters. The van der Waals surface area contributed by atoms with Crippen molar-refractivity contribution in [2.75, 3.05) is 5.32 Å². The first-order chi connectivity index (χ1) is 12.9. The van der Waals surface area contributed by atoms with Crippen LogP contribution in [0.25, 0.3) is 0 Å². The number of hydrogen-bond donors (Lipinski definition) is 4. The minimum Gasteiger partial charge on any atom is -0.350 e. The van der Waals surface area contributed by atoms with Crippen LogP contribution in [-0.4, -0.2) is 40.9 Å². The number of piperidine rings is 1. The van der Waals surface area contributed by atoms with Crippen LogP contribution < -0.4 is 21.3 Å². The van der Waals surface area contributed by atoms with Crippen LogP contribution in [0.4, 0.5) is 5.69 Å². The molecular formula is C21H32N4O3. The van der Waals surface area contributed by atoms with Gasteiger partial charge in [0.05, 0.1) is 11.3 Å². The van der Waals surface area contributed by atoms with Gasteiger partial charge in [0, 0.05) is 23.2 Å². The number of amides is 3. The standard InChI is InChI=1S/C21H32N4O3/c1-13(2)22-17(26)15-9-7-8-10-16(15)24-19(28)18(27)23-14-11-20(3,4)25-21(5,6)12-14/h7-10,13-14,25H,11-12H2,1-6H3,(H,22,26)(H,23,27)(H,24,28). The van der Waals surface area contributed by atoms with Crippen LogP contribution in [0, 0.1) is 0 Å². The summed E-state index contributed by atoms with van der Waals surface area (Å²) in [4.78, 5) is 37.2. The van der Waals surface area contributed by atoms with Crippen molar-refractivity contribution in [2.45, 2.75) is 77.5 Å². The van der Waals surface area contributed by atoms with Crippen molar-refractivity contribution >= 4 is 23.4 Å². The van der Waals surface area contributed by atoms with Gasteiger partial charge in [-0.3, -0.25) is 14.4 Å². The van der Waals surface area contributed by atoms with Crippen molar-refractivity contribution in [2.24, 2.45) is 0 Å². The Balaban J connectivity index is 2.05. The molecule has 7 nitrogen and oxygen atoms in total. The molecule has 7 heteroatoms. The molecule has 4 N–H and O–H groups in total. The van der Waals surface area contributed by atoms with Crippen LogP contribution in [0.3, 0.4) is 0 Å². The van der Waals surface area contributed by atoms with Gasteiger partial charge in [0.15, 0.2) is 0 Å². The van der Waals surface area contributed by atoms with Crippen LogP contribution in [0.1, 0.15) is 64.7 Å². The summed E-state index contributed by atoms with van der Waals surface area (Å²) in [5, 5.41) is 11.7. The Hall–Kier alpha value is -2.41. The highest BCUT2D eigenvalue weighted by molar-refractivity contribution is 6.40. The van der Waals surface area contributed by atoms with Crippen molar-refractivity contribution in [1.82, 2.24) is 16.0 Å². The van der Waals surface area contributed by atoms with E-state index in [4.69, 9.17) is 0 Å². The second-order valence-electron chi connectivity index (χ2n) is 9.10. The average molecular weight is 389 g/mol. The molecule has 3 amide bonds. The Morgan fingerprint density at radius 3 is 2.14 bits per heavy atom. The normalized spacial score (nSPS) is 18.4. The second kappa shape index (κ2) is 8.31. The lowest BCUT2D eigenvalue weighted by atomic mass is 9.79. The second-order valence-corrected chi connectivity index (χ2v) is 9.10. The molecule has 1 aliphatic rings.